The first-order chi connectivity index (χ1) is 10.9. The van der Waals surface area contributed by atoms with Crippen molar-refractivity contribution in [1.29, 1.82) is 0 Å². The molecule has 2 rings (SSSR count). The summed E-state index contributed by atoms with van der Waals surface area (Å²) in [5.41, 5.74) is 1.22. The molecule has 126 valence electrons. The van der Waals surface area contributed by atoms with Crippen LogP contribution in [0.15, 0.2) is 34.7 Å². The van der Waals surface area contributed by atoms with Crippen molar-refractivity contribution >= 4 is 16.0 Å². The highest BCUT2D eigenvalue weighted by Crippen LogP contribution is 2.23. The van der Waals surface area contributed by atoms with Gasteiger partial charge in [-0.15, -0.1) is 0 Å². The molecule has 7 heteroatoms. The van der Waals surface area contributed by atoms with Crippen LogP contribution in [-0.2, 0) is 10.0 Å². The van der Waals surface area contributed by atoms with Crippen molar-refractivity contribution < 1.29 is 23.1 Å². The molecule has 1 aliphatic carbocycles. The molecule has 1 aromatic rings. The van der Waals surface area contributed by atoms with E-state index < -0.39 is 16.0 Å². The highest BCUT2D eigenvalue weighted by molar-refractivity contribution is 7.89. The van der Waals surface area contributed by atoms with Crippen molar-refractivity contribution in [2.75, 3.05) is 13.7 Å². The molecule has 6 nitrogen and oxygen atoms in total. The summed E-state index contributed by atoms with van der Waals surface area (Å²) in [4.78, 5) is 11.0. The number of nitrogens with one attached hydrogen (secondary N) is 1. The standard InChI is InChI=1S/C16H21NO5S/c1-22-15-11-13(7-8-14(15)16(18)19)23(20,21)17-10-9-12-5-3-2-4-6-12/h5,7-8,11,17H,2-4,6,9-10H2,1H3,(H,18,19). The van der Waals surface area contributed by atoms with E-state index >= 15 is 0 Å². The smallest absolute Gasteiger partial charge is 0.339 e. The first kappa shape index (κ1) is 17.5. The summed E-state index contributed by atoms with van der Waals surface area (Å²) in [6.45, 7) is 0.331. The van der Waals surface area contributed by atoms with Crippen molar-refractivity contribution in [3.63, 3.8) is 0 Å². The van der Waals surface area contributed by atoms with E-state index in [1.165, 1.54) is 37.3 Å². The van der Waals surface area contributed by atoms with Gasteiger partial charge in [0.05, 0.1) is 12.0 Å². The van der Waals surface area contributed by atoms with Gasteiger partial charge in [-0.1, -0.05) is 11.6 Å². The number of allylic oxidation sites excluding steroid dienone is 1. The number of ether oxygens (including phenoxy) is 1. The number of hydrogen-bond donors (Lipinski definition) is 2. The fourth-order valence-corrected chi connectivity index (χ4v) is 3.62. The Morgan fingerprint density at radius 2 is 2.13 bits per heavy atom. The van der Waals surface area contributed by atoms with Crippen molar-refractivity contribution in [3.05, 3.63) is 35.4 Å². The normalized spacial score (nSPS) is 15.1. The van der Waals surface area contributed by atoms with Gasteiger partial charge in [0.15, 0.2) is 0 Å². The van der Waals surface area contributed by atoms with Gasteiger partial charge in [-0.05, 0) is 44.2 Å². The molecule has 1 aliphatic rings. The molecule has 0 unspecified atom stereocenters. The first-order valence-corrected chi connectivity index (χ1v) is 9.01. The Hall–Kier alpha value is -1.86. The minimum absolute atomic E-state index is 0.00280. The lowest BCUT2D eigenvalue weighted by atomic mass is 9.97. The molecule has 2 N–H and O–H groups in total. The summed E-state index contributed by atoms with van der Waals surface area (Å²) >= 11 is 0. The Morgan fingerprint density at radius 3 is 2.74 bits per heavy atom. The Balaban J connectivity index is 2.06. The molecule has 0 aliphatic heterocycles. The summed E-state index contributed by atoms with van der Waals surface area (Å²) in [6.07, 6.45) is 7.34. The molecule has 0 bridgehead atoms. The van der Waals surface area contributed by atoms with Gasteiger partial charge < -0.3 is 9.84 Å². The van der Waals surface area contributed by atoms with E-state index in [1.807, 2.05) is 0 Å². The van der Waals surface area contributed by atoms with Gasteiger partial charge in [0, 0.05) is 12.6 Å². The van der Waals surface area contributed by atoms with E-state index in [0.29, 0.717) is 13.0 Å². The molecule has 23 heavy (non-hydrogen) atoms. The molecule has 0 amide bonds. The number of carboxylic acid groups (broad SMARTS) is 1. The van der Waals surface area contributed by atoms with Crippen molar-refractivity contribution in [2.45, 2.75) is 37.0 Å². The number of carbonyl (C=O) groups is 1. The number of carboxylic acids is 1. The number of aromatic carboxylic acids is 1. The molecule has 1 aromatic carbocycles. The van der Waals surface area contributed by atoms with Gasteiger partial charge in [0.1, 0.15) is 11.3 Å². The molecule has 0 heterocycles. The molecular weight excluding hydrogens is 318 g/mol. The molecule has 0 radical (unpaired) electrons. The zero-order valence-electron chi connectivity index (χ0n) is 13.0. The summed E-state index contributed by atoms with van der Waals surface area (Å²) in [7, 11) is -2.38. The Morgan fingerprint density at radius 1 is 1.35 bits per heavy atom. The molecular formula is C16H21NO5S. The van der Waals surface area contributed by atoms with Crippen LogP contribution in [-0.4, -0.2) is 33.1 Å². The van der Waals surface area contributed by atoms with Gasteiger partial charge in [-0.2, -0.15) is 0 Å². The van der Waals surface area contributed by atoms with Crippen LogP contribution in [0.1, 0.15) is 42.5 Å². The molecule has 0 fully saturated rings. The topological polar surface area (TPSA) is 92.7 Å². The maximum Gasteiger partial charge on any atom is 0.339 e. The Kier molecular flexibility index (Phi) is 5.79. The van der Waals surface area contributed by atoms with Gasteiger partial charge in [0.2, 0.25) is 10.0 Å². The summed E-state index contributed by atoms with van der Waals surface area (Å²) in [5, 5.41) is 9.02. The monoisotopic (exact) mass is 339 g/mol. The lowest BCUT2D eigenvalue weighted by Gasteiger charge is -2.13. The van der Waals surface area contributed by atoms with Crippen LogP contribution in [0.4, 0.5) is 0 Å². The zero-order chi connectivity index (χ0) is 16.9. The highest BCUT2D eigenvalue weighted by atomic mass is 32.2. The quantitative estimate of drug-likeness (QED) is 0.745. The third kappa shape index (κ3) is 4.56. The number of hydrogen-bond acceptors (Lipinski definition) is 4. The van der Waals surface area contributed by atoms with E-state index in [-0.39, 0.29) is 16.2 Å². The average Bonchev–Trinajstić information content (AvgIpc) is 2.55. The van der Waals surface area contributed by atoms with E-state index in [2.05, 4.69) is 10.8 Å². The Bertz CT molecular complexity index is 709. The largest absolute Gasteiger partial charge is 0.496 e. The van der Waals surface area contributed by atoms with Crippen molar-refractivity contribution in [3.8, 4) is 5.75 Å². The van der Waals surface area contributed by atoms with Crippen LogP contribution in [0.5, 0.6) is 5.75 Å². The van der Waals surface area contributed by atoms with Crippen LogP contribution in [0.25, 0.3) is 0 Å². The predicted molar refractivity (Wildman–Crippen MR) is 86.3 cm³/mol. The second kappa shape index (κ2) is 7.61. The number of benzene rings is 1. The van der Waals surface area contributed by atoms with Crippen LogP contribution in [0.2, 0.25) is 0 Å². The fraction of sp³-hybridized carbons (Fsp3) is 0.438. The van der Waals surface area contributed by atoms with Crippen LogP contribution < -0.4 is 9.46 Å². The van der Waals surface area contributed by atoms with Crippen LogP contribution >= 0.6 is 0 Å². The molecule has 0 aromatic heterocycles. The minimum atomic E-state index is -3.69. The van der Waals surface area contributed by atoms with Gasteiger partial charge >= 0.3 is 5.97 Å². The van der Waals surface area contributed by atoms with E-state index in [9.17, 15) is 13.2 Å². The van der Waals surface area contributed by atoms with E-state index in [4.69, 9.17) is 9.84 Å². The van der Waals surface area contributed by atoms with Crippen LogP contribution in [0.3, 0.4) is 0 Å². The summed E-state index contributed by atoms with van der Waals surface area (Å²) < 4.78 is 32.1. The summed E-state index contributed by atoms with van der Waals surface area (Å²) in [6, 6.07) is 3.74. The molecule has 0 saturated carbocycles. The second-order valence-corrected chi connectivity index (χ2v) is 7.19. The third-order valence-corrected chi connectivity index (χ3v) is 5.30. The third-order valence-electron chi connectivity index (χ3n) is 3.84. The predicted octanol–water partition coefficient (Wildman–Crippen LogP) is 2.56. The van der Waals surface area contributed by atoms with Gasteiger partial charge in [-0.25, -0.2) is 17.9 Å². The fourth-order valence-electron chi connectivity index (χ4n) is 2.58. The van der Waals surface area contributed by atoms with Crippen molar-refractivity contribution in [1.82, 2.24) is 4.72 Å². The van der Waals surface area contributed by atoms with Gasteiger partial charge in [-0.3, -0.25) is 0 Å². The molecule has 0 atom stereocenters. The first-order valence-electron chi connectivity index (χ1n) is 7.53. The second-order valence-electron chi connectivity index (χ2n) is 5.42. The zero-order valence-corrected chi connectivity index (χ0v) is 13.9. The highest BCUT2D eigenvalue weighted by Gasteiger charge is 2.18. The number of methoxy groups -OCH3 is 1. The lowest BCUT2D eigenvalue weighted by Crippen LogP contribution is -2.25. The SMILES string of the molecule is COc1cc(S(=O)(=O)NCCC2=CCCCC2)ccc1C(=O)O. The minimum Gasteiger partial charge on any atom is -0.496 e. The van der Waals surface area contributed by atoms with E-state index in [0.717, 1.165) is 19.3 Å². The number of rotatable bonds is 7. The lowest BCUT2D eigenvalue weighted by molar-refractivity contribution is 0.0693. The maximum absolute atomic E-state index is 12.3. The van der Waals surface area contributed by atoms with Crippen LogP contribution in [0, 0.1) is 0 Å². The summed E-state index contributed by atoms with van der Waals surface area (Å²) in [5.74, 6) is -1.14. The average molecular weight is 339 g/mol. The maximum atomic E-state index is 12.3. The van der Waals surface area contributed by atoms with Crippen molar-refractivity contribution in [2.24, 2.45) is 0 Å². The molecule has 0 saturated heterocycles. The Labute approximate surface area is 136 Å². The van der Waals surface area contributed by atoms with Gasteiger partial charge in [0.25, 0.3) is 0 Å². The number of sulfonamides is 1. The molecule has 0 spiro atoms. The van der Waals surface area contributed by atoms with E-state index in [1.54, 1.807) is 0 Å².